The van der Waals surface area contributed by atoms with E-state index in [1.807, 2.05) is 24.3 Å². The first-order valence-corrected chi connectivity index (χ1v) is 8.62. The molecule has 1 heterocycles. The van der Waals surface area contributed by atoms with Gasteiger partial charge in [-0.25, -0.2) is 4.79 Å². The van der Waals surface area contributed by atoms with Gasteiger partial charge in [0.05, 0.1) is 6.61 Å². The molecule has 6 heteroatoms. The maximum absolute atomic E-state index is 12.2. The number of hydrogen-bond donors (Lipinski definition) is 1. The Bertz CT molecular complexity index is 915. The number of thiophene rings is 1. The summed E-state index contributed by atoms with van der Waals surface area (Å²) in [6, 6.07) is 14.4. The van der Waals surface area contributed by atoms with E-state index in [1.165, 1.54) is 11.3 Å². The monoisotopic (exact) mass is 355 g/mol. The summed E-state index contributed by atoms with van der Waals surface area (Å²) >= 11 is 1.40. The van der Waals surface area contributed by atoms with E-state index >= 15 is 0 Å². The number of ether oxygens (including phenoxy) is 2. The van der Waals surface area contributed by atoms with E-state index in [-0.39, 0.29) is 12.6 Å². The molecule has 0 unspecified atom stereocenters. The van der Waals surface area contributed by atoms with Gasteiger partial charge in [0, 0.05) is 15.8 Å². The lowest BCUT2D eigenvalue weighted by molar-refractivity contribution is 0.0529. The topological polar surface area (TPSA) is 78.6 Å². The van der Waals surface area contributed by atoms with Crippen molar-refractivity contribution in [3.63, 3.8) is 0 Å². The lowest BCUT2D eigenvalue weighted by atomic mass is 10.1. The van der Waals surface area contributed by atoms with Gasteiger partial charge in [-0.2, -0.15) is 0 Å². The van der Waals surface area contributed by atoms with Crippen molar-refractivity contribution < 1.29 is 19.1 Å². The van der Waals surface area contributed by atoms with E-state index in [9.17, 15) is 9.59 Å². The van der Waals surface area contributed by atoms with Crippen LogP contribution in [0, 0.1) is 0 Å². The van der Waals surface area contributed by atoms with Gasteiger partial charge in [-0.1, -0.05) is 18.2 Å². The van der Waals surface area contributed by atoms with Crippen LogP contribution in [0.5, 0.6) is 5.75 Å². The lowest BCUT2D eigenvalue weighted by Crippen LogP contribution is -2.10. The molecule has 5 nitrogen and oxygen atoms in total. The molecule has 0 aliphatic carbocycles. The predicted octanol–water partition coefficient (Wildman–Crippen LogP) is 3.76. The van der Waals surface area contributed by atoms with Gasteiger partial charge in [-0.05, 0) is 42.6 Å². The van der Waals surface area contributed by atoms with E-state index < -0.39 is 5.91 Å². The van der Waals surface area contributed by atoms with E-state index in [4.69, 9.17) is 15.2 Å². The first-order valence-electron chi connectivity index (χ1n) is 7.80. The van der Waals surface area contributed by atoms with Crippen LogP contribution in [-0.4, -0.2) is 18.5 Å². The summed E-state index contributed by atoms with van der Waals surface area (Å²) in [6.45, 7) is 2.33. The van der Waals surface area contributed by atoms with Crippen LogP contribution in [0.25, 0.3) is 10.1 Å². The minimum absolute atomic E-state index is 0.230. The molecule has 2 aromatic carbocycles. The van der Waals surface area contributed by atoms with Gasteiger partial charge in [-0.15, -0.1) is 11.3 Å². The Morgan fingerprint density at radius 2 is 1.80 bits per heavy atom. The summed E-state index contributed by atoms with van der Waals surface area (Å²) in [5, 5.41) is 0.976. The first-order chi connectivity index (χ1) is 12.1. The van der Waals surface area contributed by atoms with Gasteiger partial charge in [0.2, 0.25) is 5.91 Å². The fraction of sp³-hybridized carbons (Fsp3) is 0.158. The second-order valence-electron chi connectivity index (χ2n) is 5.30. The Hall–Kier alpha value is -2.86. The van der Waals surface area contributed by atoms with Crippen LogP contribution in [-0.2, 0) is 11.3 Å². The summed E-state index contributed by atoms with van der Waals surface area (Å²) in [7, 11) is 0. The number of rotatable bonds is 6. The maximum atomic E-state index is 12.2. The molecular weight excluding hydrogens is 338 g/mol. The highest BCUT2D eigenvalue weighted by Crippen LogP contribution is 2.32. The quantitative estimate of drug-likeness (QED) is 0.683. The van der Waals surface area contributed by atoms with Crippen LogP contribution in [0.1, 0.15) is 32.5 Å². The average Bonchev–Trinajstić information content (AvgIpc) is 2.99. The molecular formula is C19H17NO4S. The van der Waals surface area contributed by atoms with Gasteiger partial charge >= 0.3 is 5.97 Å². The molecule has 3 aromatic rings. The fourth-order valence-corrected chi connectivity index (χ4v) is 3.58. The van der Waals surface area contributed by atoms with Crippen LogP contribution in [0.15, 0.2) is 48.5 Å². The molecule has 0 spiro atoms. The maximum Gasteiger partial charge on any atom is 0.348 e. The molecule has 0 radical (unpaired) electrons. The molecule has 2 N–H and O–H groups in total. The number of esters is 1. The zero-order valence-electron chi connectivity index (χ0n) is 13.7. The molecule has 25 heavy (non-hydrogen) atoms. The van der Waals surface area contributed by atoms with Crippen LogP contribution in [0.2, 0.25) is 0 Å². The minimum Gasteiger partial charge on any atom is -0.489 e. The lowest BCUT2D eigenvalue weighted by Gasteiger charge is -2.08. The Morgan fingerprint density at radius 3 is 2.48 bits per heavy atom. The van der Waals surface area contributed by atoms with Gasteiger partial charge in [0.1, 0.15) is 17.2 Å². The van der Waals surface area contributed by atoms with Crippen LogP contribution in [0.4, 0.5) is 0 Å². The standard InChI is InChI=1S/C19H17NO4S/c1-2-23-19(22)17-15(14-5-3-4-6-16(14)25-17)11-24-13-9-7-12(8-10-13)18(20)21/h3-10H,2,11H2,1H3,(H2,20,21). The summed E-state index contributed by atoms with van der Waals surface area (Å²) < 4.78 is 12.0. The molecule has 1 aromatic heterocycles. The molecule has 3 rings (SSSR count). The summed E-state index contributed by atoms with van der Waals surface area (Å²) in [5.74, 6) is -0.235. The molecule has 0 aliphatic rings. The third-order valence-corrected chi connectivity index (χ3v) is 4.87. The largest absolute Gasteiger partial charge is 0.489 e. The van der Waals surface area contributed by atoms with Crippen molar-refractivity contribution >= 4 is 33.3 Å². The Balaban J connectivity index is 1.87. The van der Waals surface area contributed by atoms with Crippen molar-refractivity contribution in [3.05, 3.63) is 64.5 Å². The Morgan fingerprint density at radius 1 is 1.08 bits per heavy atom. The highest BCUT2D eigenvalue weighted by Gasteiger charge is 2.19. The number of carbonyl (C=O) groups excluding carboxylic acids is 2. The molecule has 0 fully saturated rings. The smallest absolute Gasteiger partial charge is 0.348 e. The molecule has 0 bridgehead atoms. The zero-order chi connectivity index (χ0) is 17.8. The number of amides is 1. The Labute approximate surface area is 149 Å². The van der Waals surface area contributed by atoms with E-state index in [2.05, 4.69) is 0 Å². The van der Waals surface area contributed by atoms with Crippen molar-refractivity contribution in [2.45, 2.75) is 13.5 Å². The second-order valence-corrected chi connectivity index (χ2v) is 6.36. The summed E-state index contributed by atoms with van der Waals surface area (Å²) in [4.78, 5) is 23.9. The van der Waals surface area contributed by atoms with Crippen molar-refractivity contribution in [2.75, 3.05) is 6.61 Å². The molecule has 0 saturated heterocycles. The number of nitrogens with two attached hydrogens (primary N) is 1. The highest BCUT2D eigenvalue weighted by atomic mass is 32.1. The SMILES string of the molecule is CCOC(=O)c1sc2ccccc2c1COc1ccc(C(N)=O)cc1. The molecule has 0 atom stereocenters. The van der Waals surface area contributed by atoms with Crippen LogP contribution >= 0.6 is 11.3 Å². The second kappa shape index (κ2) is 7.36. The number of carbonyl (C=O) groups is 2. The normalized spacial score (nSPS) is 10.6. The molecule has 128 valence electrons. The van der Waals surface area contributed by atoms with Crippen molar-refractivity contribution in [1.82, 2.24) is 0 Å². The van der Waals surface area contributed by atoms with Crippen molar-refractivity contribution in [3.8, 4) is 5.75 Å². The number of primary amides is 1. The van der Waals surface area contributed by atoms with Crippen LogP contribution < -0.4 is 10.5 Å². The Kier molecular flexibility index (Phi) is 5.00. The number of fused-ring (bicyclic) bond motifs is 1. The van der Waals surface area contributed by atoms with Crippen molar-refractivity contribution in [2.24, 2.45) is 5.73 Å². The number of hydrogen-bond acceptors (Lipinski definition) is 5. The minimum atomic E-state index is -0.486. The third-order valence-electron chi connectivity index (χ3n) is 3.68. The fourth-order valence-electron chi connectivity index (χ4n) is 2.47. The number of benzene rings is 2. The molecule has 0 aliphatic heterocycles. The van der Waals surface area contributed by atoms with Gasteiger partial charge in [-0.3, -0.25) is 4.79 Å². The summed E-state index contributed by atoms with van der Waals surface area (Å²) in [6.07, 6.45) is 0. The van der Waals surface area contributed by atoms with Gasteiger partial charge in [0.25, 0.3) is 0 Å². The third kappa shape index (κ3) is 3.64. The van der Waals surface area contributed by atoms with Crippen LogP contribution in [0.3, 0.4) is 0 Å². The van der Waals surface area contributed by atoms with E-state index in [0.29, 0.717) is 22.8 Å². The van der Waals surface area contributed by atoms with Crippen molar-refractivity contribution in [1.29, 1.82) is 0 Å². The first kappa shape index (κ1) is 17.0. The van der Waals surface area contributed by atoms with E-state index in [1.54, 1.807) is 31.2 Å². The molecule has 0 saturated carbocycles. The van der Waals surface area contributed by atoms with E-state index in [0.717, 1.165) is 15.6 Å². The summed E-state index contributed by atoms with van der Waals surface area (Å²) in [5.41, 5.74) is 6.45. The van der Waals surface area contributed by atoms with Gasteiger partial charge in [0.15, 0.2) is 0 Å². The predicted molar refractivity (Wildman–Crippen MR) is 97.1 cm³/mol. The average molecular weight is 355 g/mol. The zero-order valence-corrected chi connectivity index (χ0v) is 14.5. The molecule has 1 amide bonds. The van der Waals surface area contributed by atoms with Gasteiger partial charge < -0.3 is 15.2 Å². The highest BCUT2D eigenvalue weighted by molar-refractivity contribution is 7.21.